The van der Waals surface area contributed by atoms with Crippen molar-refractivity contribution in [3.05, 3.63) is 18.2 Å². The molecule has 102 valence electrons. The molecule has 0 aromatic heterocycles. The topological polar surface area (TPSA) is 76.5 Å². The predicted octanol–water partition coefficient (Wildman–Crippen LogP) is 1.23. The lowest BCUT2D eigenvalue weighted by molar-refractivity contribution is 0.135. The van der Waals surface area contributed by atoms with Crippen molar-refractivity contribution in [2.45, 2.75) is 6.42 Å². The Hall–Kier alpha value is -1.46. The number of nitrogens with two attached hydrogens (primary N) is 2. The highest BCUT2D eigenvalue weighted by molar-refractivity contribution is 5.70. The molecular formula is C13H24N4O. The first-order valence-corrected chi connectivity index (χ1v) is 6.21. The molecule has 0 bridgehead atoms. The number of hydrogen-bond acceptors (Lipinski definition) is 5. The molecular weight excluding hydrogens is 228 g/mol. The van der Waals surface area contributed by atoms with Crippen LogP contribution in [-0.2, 0) is 4.74 Å². The van der Waals surface area contributed by atoms with Gasteiger partial charge in [0.2, 0.25) is 0 Å². The molecule has 0 radical (unpaired) electrons. The normalized spacial score (nSPS) is 10.8. The van der Waals surface area contributed by atoms with E-state index in [9.17, 15) is 0 Å². The summed E-state index contributed by atoms with van der Waals surface area (Å²) in [5.41, 5.74) is 13.7. The van der Waals surface area contributed by atoms with Crippen LogP contribution in [0.4, 0.5) is 17.1 Å². The van der Waals surface area contributed by atoms with E-state index < -0.39 is 0 Å². The van der Waals surface area contributed by atoms with Crippen molar-refractivity contribution in [2.75, 3.05) is 57.2 Å². The summed E-state index contributed by atoms with van der Waals surface area (Å²) in [4.78, 5) is 2.15. The second kappa shape index (κ2) is 7.79. The highest BCUT2D eigenvalue weighted by atomic mass is 16.5. The molecule has 5 heteroatoms. The van der Waals surface area contributed by atoms with Crippen molar-refractivity contribution in [1.29, 1.82) is 0 Å². The van der Waals surface area contributed by atoms with Crippen molar-refractivity contribution in [2.24, 2.45) is 0 Å². The third-order valence-electron chi connectivity index (χ3n) is 2.53. The van der Waals surface area contributed by atoms with Crippen LogP contribution < -0.4 is 16.8 Å². The first-order chi connectivity index (χ1) is 8.59. The fourth-order valence-electron chi connectivity index (χ4n) is 1.58. The Kier molecular flexibility index (Phi) is 6.32. The summed E-state index contributed by atoms with van der Waals surface area (Å²) < 4.78 is 5.51. The third kappa shape index (κ3) is 5.75. The summed E-state index contributed by atoms with van der Waals surface area (Å²) in [5.74, 6) is 0. The lowest BCUT2D eigenvalue weighted by atomic mass is 10.2. The van der Waals surface area contributed by atoms with Gasteiger partial charge in [-0.1, -0.05) is 0 Å². The van der Waals surface area contributed by atoms with Crippen LogP contribution in [-0.4, -0.2) is 45.3 Å². The predicted molar refractivity (Wildman–Crippen MR) is 77.7 cm³/mol. The second-order valence-corrected chi connectivity index (χ2v) is 4.54. The maximum Gasteiger partial charge on any atom is 0.0639 e. The van der Waals surface area contributed by atoms with Gasteiger partial charge in [0.15, 0.2) is 0 Å². The van der Waals surface area contributed by atoms with E-state index in [-0.39, 0.29) is 0 Å². The number of nitrogen functional groups attached to an aromatic ring is 2. The minimum atomic E-state index is 0.669. The number of benzene rings is 1. The molecule has 0 aliphatic carbocycles. The van der Waals surface area contributed by atoms with Gasteiger partial charge in [-0.05, 0) is 45.3 Å². The van der Waals surface area contributed by atoms with Crippen LogP contribution in [0, 0.1) is 0 Å². The first kappa shape index (κ1) is 14.6. The van der Waals surface area contributed by atoms with E-state index in [0.29, 0.717) is 18.0 Å². The summed E-state index contributed by atoms with van der Waals surface area (Å²) in [6, 6.07) is 5.47. The molecule has 0 aliphatic rings. The van der Waals surface area contributed by atoms with Crippen molar-refractivity contribution in [3.63, 3.8) is 0 Å². The summed E-state index contributed by atoms with van der Waals surface area (Å²) in [6.07, 6.45) is 1.05. The van der Waals surface area contributed by atoms with Gasteiger partial charge in [-0.15, -0.1) is 0 Å². The molecule has 0 spiro atoms. The van der Waals surface area contributed by atoms with Gasteiger partial charge < -0.3 is 26.4 Å². The molecule has 0 saturated heterocycles. The molecule has 0 saturated carbocycles. The Bertz CT molecular complexity index is 355. The van der Waals surface area contributed by atoms with Crippen molar-refractivity contribution in [1.82, 2.24) is 4.90 Å². The van der Waals surface area contributed by atoms with Crippen molar-refractivity contribution >= 4 is 17.1 Å². The fraction of sp³-hybridized carbons (Fsp3) is 0.538. The molecule has 0 atom stereocenters. The van der Waals surface area contributed by atoms with Gasteiger partial charge in [0.1, 0.15) is 0 Å². The summed E-state index contributed by atoms with van der Waals surface area (Å²) in [7, 11) is 4.12. The number of ether oxygens (including phenoxy) is 1. The lowest BCUT2D eigenvalue weighted by Crippen LogP contribution is -2.16. The number of nitrogens with zero attached hydrogens (tertiary/aromatic N) is 1. The first-order valence-electron chi connectivity index (χ1n) is 6.21. The standard InChI is InChI=1S/C13H24N4O/c1-17(2)7-3-8-18-9-6-16-13-5-4-11(14)10-12(13)15/h4-5,10,16H,3,6-9,14-15H2,1-2H3. The average molecular weight is 252 g/mol. The molecule has 0 amide bonds. The van der Waals surface area contributed by atoms with Crippen LogP contribution in [0.2, 0.25) is 0 Å². The Morgan fingerprint density at radius 2 is 2.00 bits per heavy atom. The lowest BCUT2D eigenvalue weighted by Gasteiger charge is -2.11. The molecule has 1 aromatic carbocycles. The molecule has 1 aromatic rings. The molecule has 0 heterocycles. The third-order valence-corrected chi connectivity index (χ3v) is 2.53. The number of nitrogens with one attached hydrogen (secondary N) is 1. The second-order valence-electron chi connectivity index (χ2n) is 4.54. The summed E-state index contributed by atoms with van der Waals surface area (Å²) in [5, 5.41) is 3.22. The number of hydrogen-bond donors (Lipinski definition) is 3. The maximum atomic E-state index is 5.83. The average Bonchev–Trinajstić information content (AvgIpc) is 2.30. The van der Waals surface area contributed by atoms with Crippen LogP contribution in [0.15, 0.2) is 18.2 Å². The minimum Gasteiger partial charge on any atom is -0.399 e. The number of rotatable bonds is 8. The van der Waals surface area contributed by atoms with Gasteiger partial charge in [-0.3, -0.25) is 0 Å². The highest BCUT2D eigenvalue weighted by Crippen LogP contribution is 2.20. The Labute approximate surface area is 109 Å². The minimum absolute atomic E-state index is 0.669. The largest absolute Gasteiger partial charge is 0.399 e. The van der Waals surface area contributed by atoms with Crippen molar-refractivity contribution < 1.29 is 4.74 Å². The molecule has 1 rings (SSSR count). The van der Waals surface area contributed by atoms with Crippen LogP contribution in [0.25, 0.3) is 0 Å². The molecule has 0 unspecified atom stereocenters. The van der Waals surface area contributed by atoms with Gasteiger partial charge in [-0.25, -0.2) is 0 Å². The molecule has 18 heavy (non-hydrogen) atoms. The SMILES string of the molecule is CN(C)CCCOCCNc1ccc(N)cc1N. The highest BCUT2D eigenvalue weighted by Gasteiger charge is 1.98. The van der Waals surface area contributed by atoms with E-state index in [2.05, 4.69) is 24.3 Å². The van der Waals surface area contributed by atoms with Crippen LogP contribution in [0.1, 0.15) is 6.42 Å². The van der Waals surface area contributed by atoms with Gasteiger partial charge >= 0.3 is 0 Å². The van der Waals surface area contributed by atoms with Crippen LogP contribution >= 0.6 is 0 Å². The van der Waals surface area contributed by atoms with Crippen molar-refractivity contribution in [3.8, 4) is 0 Å². The van der Waals surface area contributed by atoms with Crippen LogP contribution in [0.3, 0.4) is 0 Å². The van der Waals surface area contributed by atoms with E-state index in [4.69, 9.17) is 16.2 Å². The zero-order chi connectivity index (χ0) is 13.4. The quantitative estimate of drug-likeness (QED) is 0.479. The number of anilines is 3. The van der Waals surface area contributed by atoms with E-state index in [0.717, 1.165) is 31.8 Å². The maximum absolute atomic E-state index is 5.83. The Morgan fingerprint density at radius 3 is 2.67 bits per heavy atom. The van der Waals surface area contributed by atoms with Gasteiger partial charge in [0.05, 0.1) is 18.0 Å². The van der Waals surface area contributed by atoms with Crippen LogP contribution in [0.5, 0.6) is 0 Å². The summed E-state index contributed by atoms with van der Waals surface area (Å²) in [6.45, 7) is 3.27. The zero-order valence-corrected chi connectivity index (χ0v) is 11.3. The Morgan fingerprint density at radius 1 is 1.22 bits per heavy atom. The fourth-order valence-corrected chi connectivity index (χ4v) is 1.58. The molecule has 5 nitrogen and oxygen atoms in total. The molecule has 5 N–H and O–H groups in total. The van der Waals surface area contributed by atoms with E-state index >= 15 is 0 Å². The van der Waals surface area contributed by atoms with E-state index in [1.807, 2.05) is 12.1 Å². The smallest absolute Gasteiger partial charge is 0.0639 e. The van der Waals surface area contributed by atoms with E-state index in [1.165, 1.54) is 0 Å². The van der Waals surface area contributed by atoms with E-state index in [1.54, 1.807) is 6.07 Å². The monoisotopic (exact) mass is 252 g/mol. The summed E-state index contributed by atoms with van der Waals surface area (Å²) >= 11 is 0. The molecule has 0 fully saturated rings. The van der Waals surface area contributed by atoms with Gasteiger partial charge in [0.25, 0.3) is 0 Å². The Balaban J connectivity index is 2.11. The van der Waals surface area contributed by atoms with Gasteiger partial charge in [0, 0.05) is 18.8 Å². The van der Waals surface area contributed by atoms with Gasteiger partial charge in [-0.2, -0.15) is 0 Å². The zero-order valence-electron chi connectivity index (χ0n) is 11.3. The molecule has 0 aliphatic heterocycles.